The van der Waals surface area contributed by atoms with Crippen molar-refractivity contribution < 1.29 is 0 Å². The fourth-order valence-electron chi connectivity index (χ4n) is 1.24. The molecule has 13 heavy (non-hydrogen) atoms. The van der Waals surface area contributed by atoms with Crippen LogP contribution in [0.25, 0.3) is 0 Å². The van der Waals surface area contributed by atoms with Crippen LogP contribution in [-0.2, 0) is 0 Å². The van der Waals surface area contributed by atoms with Crippen molar-refractivity contribution in [1.82, 2.24) is 5.32 Å². The monoisotopic (exact) mass is 182 g/mol. The lowest BCUT2D eigenvalue weighted by molar-refractivity contribution is 0.493. The molecule has 0 heterocycles. The third-order valence-electron chi connectivity index (χ3n) is 2.10. The highest BCUT2D eigenvalue weighted by molar-refractivity contribution is 4.77. The van der Waals surface area contributed by atoms with Gasteiger partial charge in [0.2, 0.25) is 0 Å². The van der Waals surface area contributed by atoms with Gasteiger partial charge in [-0.15, -0.1) is 0 Å². The fraction of sp³-hybridized carbons (Fsp3) is 0.909. The Morgan fingerprint density at radius 3 is 2.46 bits per heavy atom. The predicted molar refractivity (Wildman–Crippen MR) is 56.4 cm³/mol. The second-order valence-corrected chi connectivity index (χ2v) is 4.11. The average molecular weight is 182 g/mol. The lowest BCUT2D eigenvalue weighted by Crippen LogP contribution is -2.26. The zero-order valence-corrected chi connectivity index (χ0v) is 9.14. The molecule has 76 valence electrons. The van der Waals surface area contributed by atoms with Gasteiger partial charge in [-0.1, -0.05) is 26.7 Å². The Labute approximate surface area is 82.3 Å². The number of unbranched alkanes of at least 4 members (excludes halogenated alkanes) is 1. The number of rotatable bonds is 7. The maximum absolute atomic E-state index is 8.42. The third-order valence-corrected chi connectivity index (χ3v) is 2.10. The van der Waals surface area contributed by atoms with Gasteiger partial charge < -0.3 is 5.32 Å². The number of nitrogens with zero attached hydrogens (tertiary/aromatic N) is 1. The molecule has 0 aromatic heterocycles. The first-order valence-corrected chi connectivity index (χ1v) is 5.27. The Morgan fingerprint density at radius 2 is 1.92 bits per heavy atom. The average Bonchev–Trinajstić information content (AvgIpc) is 2.03. The zero-order valence-electron chi connectivity index (χ0n) is 9.14. The van der Waals surface area contributed by atoms with Crippen molar-refractivity contribution in [2.24, 2.45) is 5.92 Å². The molecule has 2 nitrogen and oxygen atoms in total. The maximum atomic E-state index is 8.42. The predicted octanol–water partition coefficient (Wildman–Crippen LogP) is 2.70. The summed E-state index contributed by atoms with van der Waals surface area (Å²) >= 11 is 0. The molecular formula is C11H22N2. The molecule has 0 rings (SSSR count). The third kappa shape index (κ3) is 9.36. The summed E-state index contributed by atoms with van der Waals surface area (Å²) in [5.74, 6) is 0.816. The van der Waals surface area contributed by atoms with Crippen LogP contribution in [0.3, 0.4) is 0 Å². The zero-order chi connectivity index (χ0) is 10.1. The Kier molecular flexibility index (Phi) is 7.73. The van der Waals surface area contributed by atoms with Gasteiger partial charge in [0.25, 0.3) is 0 Å². The first-order chi connectivity index (χ1) is 6.16. The summed E-state index contributed by atoms with van der Waals surface area (Å²) in [6.45, 7) is 7.62. The van der Waals surface area contributed by atoms with Crippen molar-refractivity contribution >= 4 is 0 Å². The van der Waals surface area contributed by atoms with E-state index >= 15 is 0 Å². The van der Waals surface area contributed by atoms with Gasteiger partial charge in [-0.3, -0.25) is 0 Å². The summed E-state index contributed by atoms with van der Waals surface area (Å²) in [4.78, 5) is 0. The second-order valence-electron chi connectivity index (χ2n) is 4.11. The van der Waals surface area contributed by atoms with Crippen molar-refractivity contribution in [3.05, 3.63) is 0 Å². The van der Waals surface area contributed by atoms with Gasteiger partial charge in [0.15, 0.2) is 0 Å². The molecule has 0 saturated heterocycles. The minimum Gasteiger partial charge on any atom is -0.313 e. The van der Waals surface area contributed by atoms with E-state index in [-0.39, 0.29) is 0 Å². The highest BCUT2D eigenvalue weighted by Gasteiger charge is 1.99. The Balaban J connectivity index is 3.12. The largest absolute Gasteiger partial charge is 0.313 e. The van der Waals surface area contributed by atoms with Gasteiger partial charge in [-0.05, 0) is 25.8 Å². The van der Waals surface area contributed by atoms with Crippen LogP contribution in [0.5, 0.6) is 0 Å². The second kappa shape index (κ2) is 8.07. The Hall–Kier alpha value is -0.550. The van der Waals surface area contributed by atoms with Crippen LogP contribution < -0.4 is 5.32 Å². The molecule has 0 aromatic carbocycles. The van der Waals surface area contributed by atoms with E-state index in [9.17, 15) is 0 Å². The van der Waals surface area contributed by atoms with Crippen LogP contribution >= 0.6 is 0 Å². The van der Waals surface area contributed by atoms with E-state index in [4.69, 9.17) is 5.26 Å². The maximum Gasteiger partial charge on any atom is 0.0638 e. The first-order valence-electron chi connectivity index (χ1n) is 5.27. The van der Waals surface area contributed by atoms with Gasteiger partial charge in [0.1, 0.15) is 0 Å². The normalized spacial score (nSPS) is 12.8. The minimum atomic E-state index is 0.351. The van der Waals surface area contributed by atoms with E-state index in [0.29, 0.717) is 12.5 Å². The number of hydrogen-bond donors (Lipinski definition) is 1. The summed E-state index contributed by atoms with van der Waals surface area (Å²) in [5, 5.41) is 11.8. The summed E-state index contributed by atoms with van der Waals surface area (Å²) in [6.07, 6.45) is 4.45. The molecule has 2 heteroatoms. The van der Waals surface area contributed by atoms with E-state index < -0.39 is 0 Å². The lowest BCUT2D eigenvalue weighted by atomic mass is 10.1. The van der Waals surface area contributed by atoms with Crippen molar-refractivity contribution in [3.8, 4) is 6.07 Å². The fourth-order valence-corrected chi connectivity index (χ4v) is 1.24. The van der Waals surface area contributed by atoms with Gasteiger partial charge in [-0.2, -0.15) is 5.26 Å². The topological polar surface area (TPSA) is 35.8 Å². The molecule has 1 unspecified atom stereocenters. The van der Waals surface area contributed by atoms with Gasteiger partial charge >= 0.3 is 0 Å². The molecule has 0 amide bonds. The quantitative estimate of drug-likeness (QED) is 0.614. The number of hydrogen-bond acceptors (Lipinski definition) is 2. The minimum absolute atomic E-state index is 0.351. The van der Waals surface area contributed by atoms with Crippen molar-refractivity contribution in [1.29, 1.82) is 5.26 Å². The van der Waals surface area contributed by atoms with Gasteiger partial charge in [0, 0.05) is 6.04 Å². The Bertz CT molecular complexity index is 147. The molecular weight excluding hydrogens is 160 g/mol. The van der Waals surface area contributed by atoms with E-state index in [2.05, 4.69) is 32.2 Å². The summed E-state index contributed by atoms with van der Waals surface area (Å²) in [5.41, 5.74) is 0. The summed E-state index contributed by atoms with van der Waals surface area (Å²) < 4.78 is 0. The summed E-state index contributed by atoms with van der Waals surface area (Å²) in [7, 11) is 0. The Morgan fingerprint density at radius 1 is 1.23 bits per heavy atom. The van der Waals surface area contributed by atoms with Gasteiger partial charge in [-0.25, -0.2) is 0 Å². The van der Waals surface area contributed by atoms with Crippen LogP contribution in [0.2, 0.25) is 0 Å². The molecule has 0 spiro atoms. The first kappa shape index (κ1) is 12.4. The molecule has 0 saturated carbocycles. The SMILES string of the molecule is CC(C)CCCCNC(C)CC#N. The molecule has 0 aliphatic heterocycles. The molecule has 0 radical (unpaired) electrons. The standard InChI is InChI=1S/C11H22N2/c1-10(2)6-4-5-9-13-11(3)7-8-12/h10-11,13H,4-7,9H2,1-3H3. The smallest absolute Gasteiger partial charge is 0.0638 e. The van der Waals surface area contributed by atoms with Crippen LogP contribution in [0.1, 0.15) is 46.5 Å². The van der Waals surface area contributed by atoms with Crippen LogP contribution in [0.4, 0.5) is 0 Å². The molecule has 0 aliphatic rings. The van der Waals surface area contributed by atoms with E-state index in [1.54, 1.807) is 0 Å². The van der Waals surface area contributed by atoms with Crippen molar-refractivity contribution in [2.45, 2.75) is 52.5 Å². The van der Waals surface area contributed by atoms with Gasteiger partial charge in [0.05, 0.1) is 12.5 Å². The number of nitriles is 1. The molecule has 0 fully saturated rings. The molecule has 0 bridgehead atoms. The van der Waals surface area contributed by atoms with Crippen molar-refractivity contribution in [2.75, 3.05) is 6.54 Å². The van der Waals surface area contributed by atoms with E-state index in [1.807, 2.05) is 0 Å². The molecule has 1 N–H and O–H groups in total. The van der Waals surface area contributed by atoms with E-state index in [1.165, 1.54) is 19.3 Å². The molecule has 0 aliphatic carbocycles. The summed E-state index contributed by atoms with van der Waals surface area (Å²) in [6, 6.07) is 2.52. The molecule has 1 atom stereocenters. The lowest BCUT2D eigenvalue weighted by Gasteiger charge is -2.10. The van der Waals surface area contributed by atoms with Crippen molar-refractivity contribution in [3.63, 3.8) is 0 Å². The van der Waals surface area contributed by atoms with Crippen LogP contribution in [-0.4, -0.2) is 12.6 Å². The van der Waals surface area contributed by atoms with Crippen LogP contribution in [0.15, 0.2) is 0 Å². The highest BCUT2D eigenvalue weighted by atomic mass is 14.9. The molecule has 0 aromatic rings. The van der Waals surface area contributed by atoms with Crippen LogP contribution in [0, 0.1) is 17.2 Å². The van der Waals surface area contributed by atoms with E-state index in [0.717, 1.165) is 12.5 Å². The number of nitrogens with one attached hydrogen (secondary N) is 1. The highest BCUT2D eigenvalue weighted by Crippen LogP contribution is 2.05.